The topological polar surface area (TPSA) is 27.6 Å². The predicted molar refractivity (Wildman–Crippen MR) is 42.6 cm³/mol. The number of benzene rings is 1. The molecule has 1 rings (SSSR count). The lowest BCUT2D eigenvalue weighted by molar-refractivity contribution is -0.366. The number of hydrogen-bond acceptors (Lipinski definition) is 0. The molecule has 0 saturated heterocycles. The van der Waals surface area contributed by atoms with E-state index in [2.05, 4.69) is 36.9 Å². The Morgan fingerprint density at radius 1 is 1.40 bits per heavy atom. The molecular weight excluding hydrogens is 122 g/mol. The Hall–Kier alpha value is -0.820. The molecule has 0 bridgehead atoms. The summed E-state index contributed by atoms with van der Waals surface area (Å²) in [6, 6.07) is 8.58. The zero-order valence-corrected chi connectivity index (χ0v) is 6.43. The Morgan fingerprint density at radius 3 is 2.80 bits per heavy atom. The lowest BCUT2D eigenvalue weighted by Gasteiger charge is -1.96. The number of rotatable bonds is 2. The van der Waals surface area contributed by atoms with Gasteiger partial charge in [-0.1, -0.05) is 29.8 Å². The molecule has 0 aliphatic rings. The van der Waals surface area contributed by atoms with Crippen LogP contribution >= 0.6 is 0 Å². The van der Waals surface area contributed by atoms with Gasteiger partial charge in [0.05, 0.1) is 6.54 Å². The van der Waals surface area contributed by atoms with E-state index in [1.165, 1.54) is 11.1 Å². The maximum Gasteiger partial charge on any atom is 0.0780 e. The van der Waals surface area contributed by atoms with Crippen LogP contribution in [0.4, 0.5) is 0 Å². The van der Waals surface area contributed by atoms with Gasteiger partial charge in [0, 0.05) is 6.42 Å². The fourth-order valence-corrected chi connectivity index (χ4v) is 1.07. The minimum atomic E-state index is 0.990. The summed E-state index contributed by atoms with van der Waals surface area (Å²) >= 11 is 0. The molecule has 0 radical (unpaired) electrons. The third-order valence-electron chi connectivity index (χ3n) is 1.55. The molecule has 0 aliphatic carbocycles. The Bertz CT molecular complexity index is 206. The van der Waals surface area contributed by atoms with Gasteiger partial charge in [0.15, 0.2) is 0 Å². The predicted octanol–water partition coefficient (Wildman–Crippen LogP) is 0.779. The first-order valence-electron chi connectivity index (χ1n) is 3.67. The van der Waals surface area contributed by atoms with Gasteiger partial charge in [0.25, 0.3) is 0 Å². The van der Waals surface area contributed by atoms with Crippen molar-refractivity contribution in [3.8, 4) is 0 Å². The second-order valence-electron chi connectivity index (χ2n) is 2.59. The lowest BCUT2D eigenvalue weighted by atomic mass is 10.1. The smallest absolute Gasteiger partial charge is 0.0780 e. The van der Waals surface area contributed by atoms with Gasteiger partial charge in [-0.2, -0.15) is 0 Å². The summed E-state index contributed by atoms with van der Waals surface area (Å²) in [6.07, 6.45) is 1.10. The van der Waals surface area contributed by atoms with Crippen molar-refractivity contribution >= 4 is 0 Å². The first-order valence-corrected chi connectivity index (χ1v) is 3.67. The van der Waals surface area contributed by atoms with Crippen molar-refractivity contribution in [2.75, 3.05) is 6.54 Å². The van der Waals surface area contributed by atoms with E-state index in [1.807, 2.05) is 0 Å². The van der Waals surface area contributed by atoms with Crippen molar-refractivity contribution in [2.45, 2.75) is 13.3 Å². The molecule has 0 heterocycles. The van der Waals surface area contributed by atoms with Gasteiger partial charge < -0.3 is 5.73 Å². The molecule has 54 valence electrons. The van der Waals surface area contributed by atoms with Crippen LogP contribution in [0.15, 0.2) is 24.3 Å². The average Bonchev–Trinajstić information content (AvgIpc) is 1.88. The molecule has 10 heavy (non-hydrogen) atoms. The minimum Gasteiger partial charge on any atom is -0.357 e. The van der Waals surface area contributed by atoms with Crippen LogP contribution in [0.5, 0.6) is 0 Å². The number of hydrogen-bond donors (Lipinski definition) is 1. The molecule has 0 spiro atoms. The van der Waals surface area contributed by atoms with E-state index in [4.69, 9.17) is 0 Å². The molecule has 0 atom stereocenters. The van der Waals surface area contributed by atoms with Gasteiger partial charge in [-0.15, -0.1) is 0 Å². The largest absolute Gasteiger partial charge is 0.357 e. The fraction of sp³-hybridized carbons (Fsp3) is 0.333. The molecule has 0 aromatic heterocycles. The van der Waals surface area contributed by atoms with E-state index < -0.39 is 0 Å². The molecular formula is C9H14N+. The third kappa shape index (κ3) is 1.85. The van der Waals surface area contributed by atoms with Gasteiger partial charge in [-0.25, -0.2) is 0 Å². The van der Waals surface area contributed by atoms with Crippen LogP contribution in [-0.2, 0) is 6.42 Å². The molecule has 1 nitrogen and oxygen atoms in total. The summed E-state index contributed by atoms with van der Waals surface area (Å²) in [6.45, 7) is 3.11. The summed E-state index contributed by atoms with van der Waals surface area (Å²) in [5.41, 5.74) is 6.55. The molecule has 0 fully saturated rings. The molecule has 1 aromatic carbocycles. The Morgan fingerprint density at radius 2 is 2.20 bits per heavy atom. The molecule has 0 amide bonds. The number of aryl methyl sites for hydroxylation is 1. The molecule has 0 aliphatic heterocycles. The molecule has 1 heteroatoms. The van der Waals surface area contributed by atoms with Gasteiger partial charge in [0.2, 0.25) is 0 Å². The van der Waals surface area contributed by atoms with Gasteiger partial charge in [-0.3, -0.25) is 0 Å². The highest BCUT2D eigenvalue weighted by Crippen LogP contribution is 2.02. The van der Waals surface area contributed by atoms with Gasteiger partial charge in [-0.05, 0) is 12.5 Å². The summed E-state index contributed by atoms with van der Waals surface area (Å²) in [7, 11) is 0. The first-order chi connectivity index (χ1) is 4.83. The second-order valence-corrected chi connectivity index (χ2v) is 2.59. The van der Waals surface area contributed by atoms with Crippen molar-refractivity contribution in [1.29, 1.82) is 0 Å². The summed E-state index contributed by atoms with van der Waals surface area (Å²) in [5, 5.41) is 0. The highest BCUT2D eigenvalue weighted by atomic mass is 14.5. The van der Waals surface area contributed by atoms with Crippen LogP contribution in [0.2, 0.25) is 0 Å². The van der Waals surface area contributed by atoms with E-state index in [9.17, 15) is 0 Å². The van der Waals surface area contributed by atoms with Crippen LogP contribution < -0.4 is 5.73 Å². The highest BCUT2D eigenvalue weighted by molar-refractivity contribution is 5.22. The van der Waals surface area contributed by atoms with Crippen molar-refractivity contribution < 1.29 is 5.73 Å². The van der Waals surface area contributed by atoms with Crippen LogP contribution in [0, 0.1) is 6.92 Å². The Balaban J connectivity index is 2.75. The standard InChI is InChI=1S/C9H13N/c1-8-3-2-4-9(7-8)5-6-10/h2-4,7H,5-6,10H2,1H3/p+1. The summed E-state index contributed by atoms with van der Waals surface area (Å²) in [5.74, 6) is 0. The second kappa shape index (κ2) is 3.37. The zero-order valence-electron chi connectivity index (χ0n) is 6.43. The van der Waals surface area contributed by atoms with Gasteiger partial charge >= 0.3 is 0 Å². The van der Waals surface area contributed by atoms with E-state index in [0.717, 1.165) is 13.0 Å². The van der Waals surface area contributed by atoms with Crippen molar-refractivity contribution in [3.63, 3.8) is 0 Å². The minimum absolute atomic E-state index is 0.990. The van der Waals surface area contributed by atoms with Crippen molar-refractivity contribution in [3.05, 3.63) is 35.4 Å². The Labute approximate surface area is 61.9 Å². The lowest BCUT2D eigenvalue weighted by Crippen LogP contribution is -2.51. The SMILES string of the molecule is Cc1cccc(CC[NH3+])c1. The first kappa shape index (κ1) is 7.29. The third-order valence-corrected chi connectivity index (χ3v) is 1.55. The van der Waals surface area contributed by atoms with E-state index >= 15 is 0 Å². The maximum atomic E-state index is 3.81. The van der Waals surface area contributed by atoms with Crippen molar-refractivity contribution in [1.82, 2.24) is 0 Å². The maximum absolute atomic E-state index is 3.81. The summed E-state index contributed by atoms with van der Waals surface area (Å²) in [4.78, 5) is 0. The highest BCUT2D eigenvalue weighted by Gasteiger charge is 1.90. The molecule has 0 unspecified atom stereocenters. The van der Waals surface area contributed by atoms with Crippen LogP contribution in [0.3, 0.4) is 0 Å². The molecule has 1 aromatic rings. The van der Waals surface area contributed by atoms with Crippen LogP contribution in [-0.4, -0.2) is 6.54 Å². The molecule has 0 saturated carbocycles. The average molecular weight is 136 g/mol. The van der Waals surface area contributed by atoms with Crippen molar-refractivity contribution in [2.24, 2.45) is 0 Å². The van der Waals surface area contributed by atoms with Crippen LogP contribution in [0.25, 0.3) is 0 Å². The van der Waals surface area contributed by atoms with E-state index in [0.29, 0.717) is 0 Å². The fourth-order valence-electron chi connectivity index (χ4n) is 1.07. The zero-order chi connectivity index (χ0) is 7.40. The normalized spacial score (nSPS) is 9.80. The monoisotopic (exact) mass is 136 g/mol. The quantitative estimate of drug-likeness (QED) is 0.622. The van der Waals surface area contributed by atoms with Gasteiger partial charge in [0.1, 0.15) is 0 Å². The van der Waals surface area contributed by atoms with Crippen LogP contribution in [0.1, 0.15) is 11.1 Å². The number of quaternary nitrogens is 1. The Kier molecular flexibility index (Phi) is 2.46. The van der Waals surface area contributed by atoms with E-state index in [-0.39, 0.29) is 0 Å². The van der Waals surface area contributed by atoms with E-state index in [1.54, 1.807) is 0 Å². The summed E-state index contributed by atoms with van der Waals surface area (Å²) < 4.78 is 0. The molecule has 3 N–H and O–H groups in total.